The highest BCUT2D eigenvalue weighted by molar-refractivity contribution is 5.97. The number of anilines is 3. The van der Waals surface area contributed by atoms with Crippen LogP contribution in [0.25, 0.3) is 16.6 Å². The smallest absolute Gasteiger partial charge is 0.202 e. The number of fused-ring (bicyclic) bond motifs is 1. The van der Waals surface area contributed by atoms with Gasteiger partial charge in [-0.25, -0.2) is 4.99 Å². The Kier molecular flexibility index (Phi) is 6.43. The summed E-state index contributed by atoms with van der Waals surface area (Å²) in [5, 5.41) is 8.26. The molecule has 0 amide bonds. The summed E-state index contributed by atoms with van der Waals surface area (Å²) in [6.45, 7) is 3.78. The van der Waals surface area contributed by atoms with Crippen LogP contribution >= 0.6 is 0 Å². The van der Waals surface area contributed by atoms with Crippen molar-refractivity contribution in [1.82, 2.24) is 14.8 Å². The number of nitrogens with one attached hydrogen (secondary N) is 2. The van der Waals surface area contributed by atoms with E-state index in [4.69, 9.17) is 10.5 Å². The number of ether oxygens (including phenoxy) is 1. The normalized spacial score (nSPS) is 17.6. The molecule has 180 valence electrons. The monoisotopic (exact) mass is 461 g/mol. The highest BCUT2D eigenvalue weighted by atomic mass is 16.5. The average Bonchev–Trinajstić information content (AvgIpc) is 3.14. The van der Waals surface area contributed by atoms with Crippen LogP contribution in [0.2, 0.25) is 0 Å². The first-order valence-electron chi connectivity index (χ1n) is 11.4. The first kappa shape index (κ1) is 23.5. The number of aromatic nitrogens is 1. The average molecular weight is 462 g/mol. The molecule has 0 bridgehead atoms. The molecule has 2 heterocycles. The zero-order chi connectivity index (χ0) is 24.5. The van der Waals surface area contributed by atoms with Crippen LogP contribution < -0.4 is 26.0 Å². The molecule has 1 atom stereocenters. The van der Waals surface area contributed by atoms with Crippen molar-refractivity contribution in [3.05, 3.63) is 54.2 Å². The lowest BCUT2D eigenvalue weighted by Gasteiger charge is -2.34. The number of methoxy groups -OCH3 is 1. The molecule has 1 aliphatic heterocycles. The maximum atomic E-state index is 6.46. The topological polar surface area (TPSA) is 83.1 Å². The highest BCUT2D eigenvalue weighted by Crippen LogP contribution is 2.37. The molecule has 2 aromatic carbocycles. The van der Waals surface area contributed by atoms with Gasteiger partial charge in [0.2, 0.25) is 5.79 Å². The molecule has 0 radical (unpaired) electrons. The van der Waals surface area contributed by atoms with Crippen LogP contribution in [0.1, 0.15) is 12.5 Å². The summed E-state index contributed by atoms with van der Waals surface area (Å²) in [6, 6.07) is 12.3. The van der Waals surface area contributed by atoms with Crippen LogP contribution in [0.3, 0.4) is 0 Å². The standard InChI is InChI=1S/C26H35N7O/c1-26(28-12-11-21(29-26)19-17-33(5)23-10-8-7-9-18(19)23)30-22-15-20(27)24(16-25(22)34-6)32(4)14-13-31(2)3/h7-12,15-17,29-30H,13-14,27H2,1-6H3. The van der Waals surface area contributed by atoms with Crippen molar-refractivity contribution < 1.29 is 4.74 Å². The van der Waals surface area contributed by atoms with Gasteiger partial charge in [0.15, 0.2) is 0 Å². The van der Waals surface area contributed by atoms with Gasteiger partial charge in [-0.1, -0.05) is 18.2 Å². The Morgan fingerprint density at radius 3 is 2.68 bits per heavy atom. The summed E-state index contributed by atoms with van der Waals surface area (Å²) >= 11 is 0. The zero-order valence-electron chi connectivity index (χ0n) is 20.9. The number of benzene rings is 2. The summed E-state index contributed by atoms with van der Waals surface area (Å²) in [6.07, 6.45) is 5.97. The van der Waals surface area contributed by atoms with E-state index in [0.717, 1.165) is 35.7 Å². The summed E-state index contributed by atoms with van der Waals surface area (Å²) in [7, 11) is 9.89. The summed E-state index contributed by atoms with van der Waals surface area (Å²) < 4.78 is 7.86. The fraction of sp³-hybridized carbons (Fsp3) is 0.346. The minimum atomic E-state index is -0.779. The first-order chi connectivity index (χ1) is 16.2. The third-order valence-corrected chi connectivity index (χ3v) is 6.16. The van der Waals surface area contributed by atoms with E-state index >= 15 is 0 Å². The number of rotatable bonds is 8. The van der Waals surface area contributed by atoms with E-state index in [0.29, 0.717) is 11.4 Å². The maximum absolute atomic E-state index is 6.46. The molecular weight excluding hydrogens is 426 g/mol. The molecule has 8 nitrogen and oxygen atoms in total. The second-order valence-electron chi connectivity index (χ2n) is 9.19. The molecule has 0 aliphatic carbocycles. The SMILES string of the molecule is COc1cc(N(C)CCN(C)C)c(N)cc1NC1(C)N=CC=C(c2cn(C)c3ccccc23)N1. The summed E-state index contributed by atoms with van der Waals surface area (Å²) in [4.78, 5) is 8.98. The van der Waals surface area contributed by atoms with Gasteiger partial charge < -0.3 is 35.5 Å². The van der Waals surface area contributed by atoms with Crippen molar-refractivity contribution >= 4 is 39.9 Å². The number of hydrogen-bond donors (Lipinski definition) is 3. The van der Waals surface area contributed by atoms with E-state index in [1.165, 1.54) is 10.9 Å². The van der Waals surface area contributed by atoms with Crippen LogP contribution in [0.15, 0.2) is 53.7 Å². The van der Waals surface area contributed by atoms with Gasteiger partial charge in [0, 0.05) is 67.8 Å². The van der Waals surface area contributed by atoms with Gasteiger partial charge in [0.05, 0.1) is 24.2 Å². The maximum Gasteiger partial charge on any atom is 0.202 e. The van der Waals surface area contributed by atoms with Gasteiger partial charge in [-0.15, -0.1) is 0 Å². The third-order valence-electron chi connectivity index (χ3n) is 6.16. The van der Waals surface area contributed by atoms with E-state index in [1.807, 2.05) is 38.4 Å². The number of nitrogens with zero attached hydrogens (tertiary/aromatic N) is 4. The van der Waals surface area contributed by atoms with Gasteiger partial charge in [-0.3, -0.25) is 0 Å². The summed E-state index contributed by atoms with van der Waals surface area (Å²) in [5.74, 6) is -0.0700. The van der Waals surface area contributed by atoms with Crippen LogP contribution in [0.5, 0.6) is 5.75 Å². The molecule has 0 saturated heterocycles. The zero-order valence-corrected chi connectivity index (χ0v) is 20.9. The lowest BCUT2D eigenvalue weighted by atomic mass is 10.1. The minimum Gasteiger partial charge on any atom is -0.495 e. The molecule has 0 saturated carbocycles. The van der Waals surface area contributed by atoms with Crippen molar-refractivity contribution in [1.29, 1.82) is 0 Å². The second-order valence-corrected chi connectivity index (χ2v) is 9.19. The van der Waals surface area contributed by atoms with Gasteiger partial charge in [-0.05, 0) is 39.2 Å². The fourth-order valence-electron chi connectivity index (χ4n) is 4.29. The molecule has 3 aromatic rings. The molecule has 0 fully saturated rings. The Morgan fingerprint density at radius 1 is 1.18 bits per heavy atom. The minimum absolute atomic E-state index is 0.678. The van der Waals surface area contributed by atoms with E-state index < -0.39 is 5.79 Å². The third kappa shape index (κ3) is 4.68. The predicted octanol–water partition coefficient (Wildman–Crippen LogP) is 3.57. The molecule has 0 spiro atoms. The Labute approximate surface area is 201 Å². The number of nitrogens with two attached hydrogens (primary N) is 1. The Balaban J connectivity index is 1.59. The van der Waals surface area contributed by atoms with Crippen molar-refractivity contribution in [3.63, 3.8) is 0 Å². The Morgan fingerprint density at radius 2 is 1.94 bits per heavy atom. The van der Waals surface area contributed by atoms with E-state index in [2.05, 4.69) is 81.6 Å². The van der Waals surface area contributed by atoms with Gasteiger partial charge in [0.25, 0.3) is 0 Å². The van der Waals surface area contributed by atoms with Gasteiger partial charge in [0.1, 0.15) is 5.75 Å². The van der Waals surface area contributed by atoms with Crippen molar-refractivity contribution in [2.45, 2.75) is 12.7 Å². The molecule has 1 aromatic heterocycles. The van der Waals surface area contributed by atoms with Gasteiger partial charge in [-0.2, -0.15) is 0 Å². The number of nitrogen functional groups attached to an aromatic ring is 1. The molecule has 4 N–H and O–H groups in total. The van der Waals surface area contributed by atoms with E-state index in [1.54, 1.807) is 7.11 Å². The number of hydrogen-bond acceptors (Lipinski definition) is 7. The van der Waals surface area contributed by atoms with Crippen LogP contribution in [0.4, 0.5) is 17.1 Å². The number of para-hydroxylation sites is 1. The van der Waals surface area contributed by atoms with Crippen LogP contribution in [-0.2, 0) is 7.05 Å². The quantitative estimate of drug-likeness (QED) is 0.445. The molecule has 1 unspecified atom stereocenters. The molecule has 4 rings (SSSR count). The fourth-order valence-corrected chi connectivity index (χ4v) is 4.29. The Bertz CT molecular complexity index is 1240. The van der Waals surface area contributed by atoms with Crippen LogP contribution in [0, 0.1) is 0 Å². The first-order valence-corrected chi connectivity index (χ1v) is 11.4. The lowest BCUT2D eigenvalue weighted by molar-refractivity contribution is 0.410. The van der Waals surface area contributed by atoms with Crippen molar-refractivity contribution in [2.75, 3.05) is 57.3 Å². The lowest BCUT2D eigenvalue weighted by Crippen LogP contribution is -2.48. The van der Waals surface area contributed by atoms with Crippen LogP contribution in [-0.4, -0.2) is 62.8 Å². The van der Waals surface area contributed by atoms with Gasteiger partial charge >= 0.3 is 0 Å². The molecule has 8 heteroatoms. The Hall–Kier alpha value is -3.65. The van der Waals surface area contributed by atoms with Crippen molar-refractivity contribution in [2.24, 2.45) is 12.0 Å². The van der Waals surface area contributed by atoms with E-state index in [-0.39, 0.29) is 0 Å². The largest absolute Gasteiger partial charge is 0.495 e. The molecular formula is C26H35N7O. The molecule has 34 heavy (non-hydrogen) atoms. The predicted molar refractivity (Wildman–Crippen MR) is 144 cm³/mol. The number of aryl methyl sites for hydroxylation is 1. The highest BCUT2D eigenvalue weighted by Gasteiger charge is 2.28. The second kappa shape index (κ2) is 9.30. The van der Waals surface area contributed by atoms with Crippen molar-refractivity contribution in [3.8, 4) is 5.75 Å². The molecule has 1 aliphatic rings. The number of aliphatic imine (C=N–C) groups is 1. The summed E-state index contributed by atoms with van der Waals surface area (Å²) in [5.41, 5.74) is 12.2. The number of likely N-dealkylation sites (N-methyl/N-ethyl adjacent to an activating group) is 2. The van der Waals surface area contributed by atoms with E-state index in [9.17, 15) is 0 Å². The number of allylic oxidation sites excluding steroid dienone is 1.